The lowest BCUT2D eigenvalue weighted by Gasteiger charge is -2.09. The van der Waals surface area contributed by atoms with Crippen LogP contribution in [-0.2, 0) is 11.2 Å². The first-order valence-corrected chi connectivity index (χ1v) is 4.25. The largest absolute Gasteiger partial charge is 0.412 e. The van der Waals surface area contributed by atoms with Gasteiger partial charge in [0.15, 0.2) is 0 Å². The molecular formula is C10H19ClN2O3. The number of hydrogen-bond donors (Lipinski definition) is 2. The van der Waals surface area contributed by atoms with Crippen molar-refractivity contribution in [3.05, 3.63) is 35.9 Å². The number of likely N-dealkylation sites (N-methyl/N-ethyl adjacent to an activating group) is 1. The average Bonchev–Trinajstić information content (AvgIpc) is 2.18. The Morgan fingerprint density at radius 2 is 1.81 bits per heavy atom. The fourth-order valence-corrected chi connectivity index (χ4v) is 1.15. The summed E-state index contributed by atoms with van der Waals surface area (Å²) in [5.74, 6) is -0.121. The Morgan fingerprint density at radius 3 is 2.25 bits per heavy atom. The lowest BCUT2D eigenvalue weighted by Crippen LogP contribution is -2.40. The summed E-state index contributed by atoms with van der Waals surface area (Å²) >= 11 is 0. The van der Waals surface area contributed by atoms with Crippen LogP contribution in [0.3, 0.4) is 0 Å². The minimum absolute atomic E-state index is 0. The summed E-state index contributed by atoms with van der Waals surface area (Å²) in [4.78, 5) is 11.1. The van der Waals surface area contributed by atoms with Crippen molar-refractivity contribution >= 4 is 18.3 Å². The molecule has 0 aromatic heterocycles. The lowest BCUT2D eigenvalue weighted by atomic mass is 10.1. The van der Waals surface area contributed by atoms with Gasteiger partial charge in [0.2, 0.25) is 5.91 Å². The van der Waals surface area contributed by atoms with Crippen LogP contribution >= 0.6 is 12.4 Å². The Morgan fingerprint density at radius 1 is 1.31 bits per heavy atom. The number of rotatable bonds is 3. The van der Waals surface area contributed by atoms with Crippen LogP contribution in [0.25, 0.3) is 0 Å². The lowest BCUT2D eigenvalue weighted by molar-refractivity contribution is -0.121. The highest BCUT2D eigenvalue weighted by atomic mass is 35.5. The van der Waals surface area contributed by atoms with Crippen molar-refractivity contribution < 1.29 is 15.7 Å². The van der Waals surface area contributed by atoms with Gasteiger partial charge in [0.25, 0.3) is 0 Å². The van der Waals surface area contributed by atoms with Gasteiger partial charge in [-0.15, -0.1) is 12.4 Å². The van der Waals surface area contributed by atoms with Gasteiger partial charge in [-0.05, 0) is 12.0 Å². The number of benzene rings is 1. The fourth-order valence-electron chi connectivity index (χ4n) is 1.15. The molecule has 1 amide bonds. The maximum absolute atomic E-state index is 11.1. The molecule has 0 bridgehead atoms. The molecule has 0 saturated heterocycles. The molecule has 1 atom stereocenters. The van der Waals surface area contributed by atoms with Gasteiger partial charge in [0, 0.05) is 7.05 Å². The summed E-state index contributed by atoms with van der Waals surface area (Å²) in [5, 5.41) is 2.52. The summed E-state index contributed by atoms with van der Waals surface area (Å²) in [6, 6.07) is 9.28. The van der Waals surface area contributed by atoms with E-state index in [1.807, 2.05) is 30.3 Å². The summed E-state index contributed by atoms with van der Waals surface area (Å²) in [7, 11) is 1.59. The molecule has 94 valence electrons. The quantitative estimate of drug-likeness (QED) is 0.721. The predicted molar refractivity (Wildman–Crippen MR) is 66.7 cm³/mol. The van der Waals surface area contributed by atoms with Gasteiger partial charge in [-0.3, -0.25) is 4.79 Å². The average molecular weight is 251 g/mol. The molecule has 0 unspecified atom stereocenters. The highest BCUT2D eigenvalue weighted by molar-refractivity contribution is 5.85. The van der Waals surface area contributed by atoms with Crippen LogP contribution in [0.4, 0.5) is 0 Å². The van der Waals surface area contributed by atoms with E-state index in [1.165, 1.54) is 0 Å². The van der Waals surface area contributed by atoms with E-state index in [1.54, 1.807) is 7.05 Å². The van der Waals surface area contributed by atoms with Crippen LogP contribution in [0, 0.1) is 0 Å². The molecule has 0 radical (unpaired) electrons. The minimum Gasteiger partial charge on any atom is -0.412 e. The van der Waals surface area contributed by atoms with Crippen LogP contribution in [0.1, 0.15) is 5.56 Å². The van der Waals surface area contributed by atoms with Gasteiger partial charge in [0.1, 0.15) is 0 Å². The van der Waals surface area contributed by atoms with Gasteiger partial charge in [-0.25, -0.2) is 0 Å². The van der Waals surface area contributed by atoms with E-state index in [4.69, 9.17) is 5.73 Å². The van der Waals surface area contributed by atoms with E-state index in [2.05, 4.69) is 5.32 Å². The first kappa shape index (κ1) is 20.3. The third-order valence-electron chi connectivity index (χ3n) is 1.88. The second-order valence-electron chi connectivity index (χ2n) is 2.91. The van der Waals surface area contributed by atoms with Crippen molar-refractivity contribution in [1.82, 2.24) is 5.32 Å². The van der Waals surface area contributed by atoms with E-state index in [0.717, 1.165) is 5.56 Å². The first-order valence-electron chi connectivity index (χ1n) is 4.25. The molecule has 6 heteroatoms. The highest BCUT2D eigenvalue weighted by Crippen LogP contribution is 2.01. The van der Waals surface area contributed by atoms with Crippen molar-refractivity contribution in [2.75, 3.05) is 7.05 Å². The monoisotopic (exact) mass is 250 g/mol. The molecule has 1 rings (SSSR count). The van der Waals surface area contributed by atoms with Crippen LogP contribution in [-0.4, -0.2) is 29.9 Å². The van der Waals surface area contributed by atoms with Crippen molar-refractivity contribution in [3.63, 3.8) is 0 Å². The zero-order valence-electron chi connectivity index (χ0n) is 9.07. The van der Waals surface area contributed by atoms with Crippen LogP contribution < -0.4 is 11.1 Å². The number of halogens is 1. The van der Waals surface area contributed by atoms with E-state index in [0.29, 0.717) is 6.42 Å². The number of nitrogens with one attached hydrogen (secondary N) is 1. The van der Waals surface area contributed by atoms with E-state index < -0.39 is 6.04 Å². The number of amides is 1. The zero-order chi connectivity index (χ0) is 9.68. The summed E-state index contributed by atoms with van der Waals surface area (Å²) < 4.78 is 0. The third kappa shape index (κ3) is 6.36. The summed E-state index contributed by atoms with van der Waals surface area (Å²) in [6.45, 7) is 0. The molecule has 0 aliphatic heterocycles. The fraction of sp³-hybridized carbons (Fsp3) is 0.300. The van der Waals surface area contributed by atoms with Crippen LogP contribution in [0.5, 0.6) is 0 Å². The Hall–Kier alpha value is -1.14. The second-order valence-corrected chi connectivity index (χ2v) is 2.91. The number of nitrogens with two attached hydrogens (primary N) is 1. The molecule has 16 heavy (non-hydrogen) atoms. The number of hydrogen-bond acceptors (Lipinski definition) is 2. The maximum atomic E-state index is 11.1. The highest BCUT2D eigenvalue weighted by Gasteiger charge is 2.11. The van der Waals surface area contributed by atoms with Gasteiger partial charge >= 0.3 is 0 Å². The van der Waals surface area contributed by atoms with Gasteiger partial charge < -0.3 is 22.0 Å². The molecule has 7 N–H and O–H groups in total. The van der Waals surface area contributed by atoms with Crippen LogP contribution in [0.15, 0.2) is 30.3 Å². The topological polar surface area (TPSA) is 118 Å². The molecule has 1 aromatic rings. The molecule has 0 spiro atoms. The van der Waals surface area contributed by atoms with Crippen LogP contribution in [0.2, 0.25) is 0 Å². The predicted octanol–water partition coefficient (Wildman–Crippen LogP) is -0.925. The standard InChI is InChI=1S/C10H14N2O.ClH.2H2O/c1-12-10(13)9(11)7-8-5-3-2-4-6-8;;;/h2-6,9H,7,11H2,1H3,(H,12,13);1H;2*1H2/t9-;;;/m0.../s1. The SMILES string of the molecule is CNC(=O)[C@@H](N)Cc1ccccc1.Cl.O.O. The zero-order valence-corrected chi connectivity index (χ0v) is 9.88. The van der Waals surface area contributed by atoms with Gasteiger partial charge in [-0.1, -0.05) is 30.3 Å². The molecule has 0 aliphatic carbocycles. The second kappa shape index (κ2) is 10.4. The number of carbonyl (C=O) groups excluding carboxylic acids is 1. The Balaban J connectivity index is -0.000000563. The van der Waals surface area contributed by atoms with E-state index >= 15 is 0 Å². The van der Waals surface area contributed by atoms with Gasteiger partial charge in [0.05, 0.1) is 6.04 Å². The van der Waals surface area contributed by atoms with Gasteiger partial charge in [-0.2, -0.15) is 0 Å². The Bertz CT molecular complexity index is 283. The molecule has 5 nitrogen and oxygen atoms in total. The Kier molecular flexibility index (Phi) is 13.2. The Labute approximate surface area is 101 Å². The smallest absolute Gasteiger partial charge is 0.237 e. The first-order chi connectivity index (χ1) is 6.24. The van der Waals surface area contributed by atoms with E-state index in [9.17, 15) is 4.79 Å². The molecule has 0 aliphatic rings. The normalized spacial score (nSPS) is 9.88. The molecular weight excluding hydrogens is 232 g/mol. The molecule has 0 heterocycles. The van der Waals surface area contributed by atoms with Crippen molar-refractivity contribution in [2.45, 2.75) is 12.5 Å². The van der Waals surface area contributed by atoms with Crippen molar-refractivity contribution in [2.24, 2.45) is 5.73 Å². The molecule has 1 aromatic carbocycles. The van der Waals surface area contributed by atoms with Crippen molar-refractivity contribution in [1.29, 1.82) is 0 Å². The summed E-state index contributed by atoms with van der Waals surface area (Å²) in [5.41, 5.74) is 6.73. The maximum Gasteiger partial charge on any atom is 0.237 e. The third-order valence-corrected chi connectivity index (χ3v) is 1.88. The number of carbonyl (C=O) groups is 1. The summed E-state index contributed by atoms with van der Waals surface area (Å²) in [6.07, 6.45) is 0.584. The molecule has 0 fully saturated rings. The molecule has 0 saturated carbocycles. The van der Waals surface area contributed by atoms with E-state index in [-0.39, 0.29) is 29.3 Å². The van der Waals surface area contributed by atoms with Crippen molar-refractivity contribution in [3.8, 4) is 0 Å². The minimum atomic E-state index is -0.451.